The normalized spacial score (nSPS) is 17.7. The molecule has 0 unspecified atom stereocenters. The molecule has 0 aliphatic carbocycles. The molecule has 2 rings (SSSR count). The van der Waals surface area contributed by atoms with Crippen LogP contribution in [0.25, 0.3) is 0 Å². The molecule has 0 atom stereocenters. The van der Waals surface area contributed by atoms with Crippen LogP contribution in [-0.2, 0) is 0 Å². The molecule has 90 valence electrons. The zero-order chi connectivity index (χ0) is 12.3. The van der Waals surface area contributed by atoms with Crippen LogP contribution in [0.1, 0.15) is 18.7 Å². The molecule has 0 amide bonds. The number of hydrogen-bond donors (Lipinski definition) is 0. The Kier molecular flexibility index (Phi) is 3.55. The van der Waals surface area contributed by atoms with Gasteiger partial charge in [-0.2, -0.15) is 5.26 Å². The highest BCUT2D eigenvalue weighted by Crippen LogP contribution is 2.19. The molecule has 0 N–H and O–H groups in total. The van der Waals surface area contributed by atoms with E-state index in [1.807, 2.05) is 19.2 Å². The first-order valence-electron chi connectivity index (χ1n) is 5.85. The zero-order valence-corrected chi connectivity index (χ0v) is 10.3. The highest BCUT2D eigenvalue weighted by Gasteiger charge is 2.21. The van der Waals surface area contributed by atoms with Gasteiger partial charge < -0.3 is 9.80 Å². The van der Waals surface area contributed by atoms with Crippen molar-refractivity contribution in [2.24, 2.45) is 0 Å². The summed E-state index contributed by atoms with van der Waals surface area (Å²) in [7, 11) is 4.19. The molecular weight excluding hydrogens is 214 g/mol. The van der Waals surface area contributed by atoms with Crippen molar-refractivity contribution in [3.05, 3.63) is 18.1 Å². The summed E-state index contributed by atoms with van der Waals surface area (Å²) in [5, 5.41) is 8.79. The number of piperidine rings is 1. The van der Waals surface area contributed by atoms with E-state index in [4.69, 9.17) is 5.26 Å². The second-order valence-corrected chi connectivity index (χ2v) is 4.50. The van der Waals surface area contributed by atoms with Crippen LogP contribution in [0, 0.1) is 11.3 Å². The standard InChI is InChI=1S/C12H17N5/c1-16-7-4-10(5-8-16)17(2)12-3-6-14-11(9-13)15-12/h3,6,10H,4-5,7-8H2,1-2H3. The Labute approximate surface area is 102 Å². The van der Waals surface area contributed by atoms with Gasteiger partial charge >= 0.3 is 0 Å². The molecule has 17 heavy (non-hydrogen) atoms. The molecule has 1 aliphatic heterocycles. The lowest BCUT2D eigenvalue weighted by molar-refractivity contribution is 0.252. The van der Waals surface area contributed by atoms with Gasteiger partial charge in [-0.1, -0.05) is 0 Å². The highest BCUT2D eigenvalue weighted by molar-refractivity contribution is 5.39. The fourth-order valence-electron chi connectivity index (χ4n) is 2.17. The van der Waals surface area contributed by atoms with E-state index in [-0.39, 0.29) is 5.82 Å². The average molecular weight is 231 g/mol. The predicted octanol–water partition coefficient (Wildman–Crippen LogP) is 0.879. The van der Waals surface area contributed by atoms with Crippen LogP contribution in [0.4, 0.5) is 5.82 Å². The van der Waals surface area contributed by atoms with E-state index in [1.54, 1.807) is 6.20 Å². The number of nitrogens with zero attached hydrogens (tertiary/aromatic N) is 5. The Hall–Kier alpha value is -1.67. The Balaban J connectivity index is 2.08. The number of hydrogen-bond acceptors (Lipinski definition) is 5. The van der Waals surface area contributed by atoms with Crippen molar-refractivity contribution in [1.29, 1.82) is 5.26 Å². The largest absolute Gasteiger partial charge is 0.356 e. The van der Waals surface area contributed by atoms with Gasteiger partial charge in [-0.15, -0.1) is 0 Å². The fourth-order valence-corrected chi connectivity index (χ4v) is 2.17. The summed E-state index contributed by atoms with van der Waals surface area (Å²) < 4.78 is 0. The summed E-state index contributed by atoms with van der Waals surface area (Å²) in [6.07, 6.45) is 3.92. The van der Waals surface area contributed by atoms with Gasteiger partial charge in [0.05, 0.1) is 0 Å². The molecule has 5 nitrogen and oxygen atoms in total. The highest BCUT2D eigenvalue weighted by atomic mass is 15.2. The molecule has 0 spiro atoms. The summed E-state index contributed by atoms with van der Waals surface area (Å²) in [6.45, 7) is 2.23. The van der Waals surface area contributed by atoms with Crippen LogP contribution in [0.2, 0.25) is 0 Å². The molecule has 5 heteroatoms. The van der Waals surface area contributed by atoms with Crippen LogP contribution in [0.15, 0.2) is 12.3 Å². The Morgan fingerprint density at radius 3 is 2.82 bits per heavy atom. The van der Waals surface area contributed by atoms with E-state index in [0.717, 1.165) is 31.7 Å². The third kappa shape index (κ3) is 2.71. The van der Waals surface area contributed by atoms with E-state index in [0.29, 0.717) is 6.04 Å². The maximum atomic E-state index is 8.79. The second-order valence-electron chi connectivity index (χ2n) is 4.50. The van der Waals surface area contributed by atoms with Crippen molar-refractivity contribution < 1.29 is 0 Å². The molecule has 1 aromatic rings. The van der Waals surface area contributed by atoms with Crippen molar-refractivity contribution in [3.63, 3.8) is 0 Å². The van der Waals surface area contributed by atoms with E-state index in [9.17, 15) is 0 Å². The van der Waals surface area contributed by atoms with Gasteiger partial charge in [-0.25, -0.2) is 9.97 Å². The Morgan fingerprint density at radius 2 is 2.18 bits per heavy atom. The van der Waals surface area contributed by atoms with E-state index >= 15 is 0 Å². The van der Waals surface area contributed by atoms with Gasteiger partial charge in [-0.05, 0) is 39.0 Å². The molecule has 1 saturated heterocycles. The van der Waals surface area contributed by atoms with Crippen molar-refractivity contribution in [1.82, 2.24) is 14.9 Å². The molecule has 0 radical (unpaired) electrons. The molecule has 0 saturated carbocycles. The third-order valence-electron chi connectivity index (χ3n) is 3.34. The molecular formula is C12H17N5. The van der Waals surface area contributed by atoms with Gasteiger partial charge in [-0.3, -0.25) is 0 Å². The third-order valence-corrected chi connectivity index (χ3v) is 3.34. The smallest absolute Gasteiger partial charge is 0.234 e. The quantitative estimate of drug-likeness (QED) is 0.756. The molecule has 1 aliphatic rings. The summed E-state index contributed by atoms with van der Waals surface area (Å²) in [5.74, 6) is 1.08. The average Bonchev–Trinajstić information content (AvgIpc) is 2.39. The fraction of sp³-hybridized carbons (Fsp3) is 0.583. The lowest BCUT2D eigenvalue weighted by atomic mass is 10.0. The second kappa shape index (κ2) is 5.11. The van der Waals surface area contributed by atoms with E-state index < -0.39 is 0 Å². The van der Waals surface area contributed by atoms with Gasteiger partial charge in [0.25, 0.3) is 0 Å². The SMILES string of the molecule is CN1CCC(N(C)c2ccnc(C#N)n2)CC1. The van der Waals surface area contributed by atoms with Crippen molar-refractivity contribution in [2.45, 2.75) is 18.9 Å². The summed E-state index contributed by atoms with van der Waals surface area (Å²) in [5.41, 5.74) is 0. The van der Waals surface area contributed by atoms with E-state index in [1.165, 1.54) is 0 Å². The monoisotopic (exact) mass is 231 g/mol. The number of aromatic nitrogens is 2. The maximum Gasteiger partial charge on any atom is 0.234 e. The molecule has 1 aromatic heterocycles. The molecule has 1 fully saturated rings. The minimum atomic E-state index is 0.238. The first-order valence-corrected chi connectivity index (χ1v) is 5.85. The van der Waals surface area contributed by atoms with Crippen molar-refractivity contribution >= 4 is 5.82 Å². The Morgan fingerprint density at radius 1 is 1.47 bits per heavy atom. The summed E-state index contributed by atoms with van der Waals surface area (Å²) in [4.78, 5) is 12.6. The van der Waals surface area contributed by atoms with Gasteiger partial charge in [0.1, 0.15) is 11.9 Å². The first-order chi connectivity index (χ1) is 8.20. The number of rotatable bonds is 2. The van der Waals surface area contributed by atoms with Gasteiger partial charge in [0, 0.05) is 19.3 Å². The van der Waals surface area contributed by atoms with Gasteiger partial charge in [0.2, 0.25) is 5.82 Å². The minimum Gasteiger partial charge on any atom is -0.356 e. The number of anilines is 1. The lowest BCUT2D eigenvalue weighted by Crippen LogP contribution is -2.42. The first kappa shape index (κ1) is 11.8. The molecule has 0 bridgehead atoms. The van der Waals surface area contributed by atoms with Crippen LogP contribution in [-0.4, -0.2) is 48.1 Å². The van der Waals surface area contributed by atoms with Crippen LogP contribution in [0.5, 0.6) is 0 Å². The number of likely N-dealkylation sites (tertiary alicyclic amines) is 1. The summed E-state index contributed by atoms with van der Waals surface area (Å²) in [6, 6.07) is 4.34. The Bertz CT molecular complexity index is 417. The zero-order valence-electron chi connectivity index (χ0n) is 10.3. The van der Waals surface area contributed by atoms with E-state index in [2.05, 4.69) is 26.8 Å². The number of nitriles is 1. The summed E-state index contributed by atoms with van der Waals surface area (Å²) >= 11 is 0. The maximum absolute atomic E-state index is 8.79. The lowest BCUT2D eigenvalue weighted by Gasteiger charge is -2.35. The minimum absolute atomic E-state index is 0.238. The van der Waals surface area contributed by atoms with Crippen LogP contribution < -0.4 is 4.90 Å². The van der Waals surface area contributed by atoms with Crippen LogP contribution in [0.3, 0.4) is 0 Å². The van der Waals surface area contributed by atoms with Crippen LogP contribution >= 0.6 is 0 Å². The molecule has 2 heterocycles. The molecule has 0 aromatic carbocycles. The topological polar surface area (TPSA) is 56.0 Å². The predicted molar refractivity (Wildman–Crippen MR) is 65.7 cm³/mol. The van der Waals surface area contributed by atoms with Crippen molar-refractivity contribution in [2.75, 3.05) is 32.1 Å². The van der Waals surface area contributed by atoms with Crippen molar-refractivity contribution in [3.8, 4) is 6.07 Å². The van der Waals surface area contributed by atoms with Gasteiger partial charge in [0.15, 0.2) is 0 Å².